The van der Waals surface area contributed by atoms with Crippen LogP contribution in [-0.4, -0.2) is 36.5 Å². The van der Waals surface area contributed by atoms with Crippen LogP contribution in [0.2, 0.25) is 0 Å². The second kappa shape index (κ2) is 6.07. The molecule has 1 aliphatic heterocycles. The first-order chi connectivity index (χ1) is 10.2. The molecule has 21 heavy (non-hydrogen) atoms. The molecule has 0 saturated carbocycles. The maximum Gasteiger partial charge on any atom is 0.178 e. The fourth-order valence-corrected chi connectivity index (χ4v) is 3.15. The molecule has 0 radical (unpaired) electrons. The van der Waals surface area contributed by atoms with E-state index in [1.165, 1.54) is 0 Å². The number of fused-ring (bicyclic) bond motifs is 1. The van der Waals surface area contributed by atoms with Gasteiger partial charge in [-0.1, -0.05) is 0 Å². The third-order valence-electron chi connectivity index (χ3n) is 3.98. The molecule has 1 aliphatic rings. The highest BCUT2D eigenvalue weighted by atomic mass is 32.1. The van der Waals surface area contributed by atoms with Gasteiger partial charge in [-0.15, -0.1) is 0 Å². The maximum atomic E-state index is 5.68. The number of ether oxygens (including phenoxy) is 3. The van der Waals surface area contributed by atoms with Crippen molar-refractivity contribution in [3.05, 3.63) is 16.9 Å². The minimum absolute atomic E-state index is 0.358. The van der Waals surface area contributed by atoms with Gasteiger partial charge in [-0.2, -0.15) is 0 Å². The van der Waals surface area contributed by atoms with Crippen LogP contribution < -0.4 is 9.47 Å². The molecule has 2 heterocycles. The van der Waals surface area contributed by atoms with E-state index in [4.69, 9.17) is 26.4 Å². The van der Waals surface area contributed by atoms with Gasteiger partial charge in [0, 0.05) is 25.3 Å². The van der Waals surface area contributed by atoms with Crippen LogP contribution in [-0.2, 0) is 11.3 Å². The highest BCUT2D eigenvalue weighted by Gasteiger charge is 2.17. The van der Waals surface area contributed by atoms with E-state index in [1.54, 1.807) is 14.2 Å². The fraction of sp³-hybridized carbons (Fsp3) is 0.533. The van der Waals surface area contributed by atoms with Gasteiger partial charge in [0.15, 0.2) is 16.3 Å². The Morgan fingerprint density at radius 1 is 1.33 bits per heavy atom. The summed E-state index contributed by atoms with van der Waals surface area (Å²) in [7, 11) is 3.27. The molecule has 0 amide bonds. The van der Waals surface area contributed by atoms with Crippen molar-refractivity contribution in [2.75, 3.05) is 20.8 Å². The Kier molecular flexibility index (Phi) is 4.17. The third kappa shape index (κ3) is 2.78. The lowest BCUT2D eigenvalue weighted by Crippen LogP contribution is -2.10. The Morgan fingerprint density at radius 3 is 2.76 bits per heavy atom. The lowest BCUT2D eigenvalue weighted by atomic mass is 10.2. The summed E-state index contributed by atoms with van der Waals surface area (Å²) >= 11 is 5.44. The summed E-state index contributed by atoms with van der Waals surface area (Å²) in [5.74, 6) is 1.41. The predicted octanol–water partition coefficient (Wildman–Crippen LogP) is 3.29. The second-order valence-electron chi connectivity index (χ2n) is 5.23. The normalized spacial score (nSPS) is 18.3. The molecule has 0 aliphatic carbocycles. The minimum atomic E-state index is 0.358. The summed E-state index contributed by atoms with van der Waals surface area (Å²) in [5.41, 5.74) is 2.00. The topological polar surface area (TPSA) is 48.4 Å². The molecule has 6 heteroatoms. The van der Waals surface area contributed by atoms with E-state index in [9.17, 15) is 0 Å². The molecule has 1 N–H and O–H groups in total. The standard InChI is InChI=1S/C15H20N2O3S/c1-18-13-8-11-12(9-14(13)19-2)17(15(21)16-11)6-5-10-4-3-7-20-10/h8-10H,3-7H2,1-2H3,(H,16,21). The van der Waals surface area contributed by atoms with Gasteiger partial charge in [-0.3, -0.25) is 0 Å². The average Bonchev–Trinajstić information content (AvgIpc) is 3.10. The van der Waals surface area contributed by atoms with Crippen molar-refractivity contribution in [1.82, 2.24) is 9.55 Å². The molecule has 3 rings (SSSR count). The number of methoxy groups -OCH3 is 2. The first-order valence-corrected chi connectivity index (χ1v) is 7.60. The number of rotatable bonds is 5. The Balaban J connectivity index is 1.93. The number of benzene rings is 1. The number of hydrogen-bond donors (Lipinski definition) is 1. The number of aryl methyl sites for hydroxylation is 1. The Bertz CT molecular complexity index is 686. The van der Waals surface area contributed by atoms with Crippen LogP contribution in [0.15, 0.2) is 12.1 Å². The summed E-state index contributed by atoms with van der Waals surface area (Å²) < 4.78 is 19.2. The highest BCUT2D eigenvalue weighted by molar-refractivity contribution is 7.71. The summed E-state index contributed by atoms with van der Waals surface area (Å²) in [6, 6.07) is 3.89. The Hall–Kier alpha value is -1.53. The molecule has 5 nitrogen and oxygen atoms in total. The molecule has 1 aromatic carbocycles. The third-order valence-corrected chi connectivity index (χ3v) is 4.30. The molecule has 1 saturated heterocycles. The van der Waals surface area contributed by atoms with Crippen LogP contribution in [0.3, 0.4) is 0 Å². The van der Waals surface area contributed by atoms with Crippen molar-refractivity contribution in [3.63, 3.8) is 0 Å². The first-order valence-electron chi connectivity index (χ1n) is 7.19. The van der Waals surface area contributed by atoms with Crippen LogP contribution in [0, 0.1) is 4.77 Å². The minimum Gasteiger partial charge on any atom is -0.493 e. The van der Waals surface area contributed by atoms with E-state index in [0.29, 0.717) is 17.6 Å². The number of H-pyrrole nitrogens is 1. The van der Waals surface area contributed by atoms with Crippen LogP contribution >= 0.6 is 12.2 Å². The number of aromatic amines is 1. The molecule has 0 bridgehead atoms. The van der Waals surface area contributed by atoms with Crippen molar-refractivity contribution in [2.24, 2.45) is 0 Å². The Morgan fingerprint density at radius 2 is 2.10 bits per heavy atom. The summed E-state index contributed by atoms with van der Waals surface area (Å²) in [5, 5.41) is 0. The zero-order valence-corrected chi connectivity index (χ0v) is 13.2. The lowest BCUT2D eigenvalue weighted by Gasteiger charge is -2.11. The van der Waals surface area contributed by atoms with Crippen LogP contribution in [0.4, 0.5) is 0 Å². The van der Waals surface area contributed by atoms with Gasteiger partial charge in [-0.05, 0) is 31.5 Å². The summed E-state index contributed by atoms with van der Waals surface area (Å²) in [6.07, 6.45) is 3.65. The van der Waals surface area contributed by atoms with Crippen molar-refractivity contribution in [2.45, 2.75) is 31.9 Å². The van der Waals surface area contributed by atoms with Gasteiger partial charge in [0.1, 0.15) is 0 Å². The van der Waals surface area contributed by atoms with Crippen molar-refractivity contribution in [1.29, 1.82) is 0 Å². The van der Waals surface area contributed by atoms with Gasteiger partial charge in [0.05, 0.1) is 31.4 Å². The maximum absolute atomic E-state index is 5.68. The van der Waals surface area contributed by atoms with Gasteiger partial charge in [0.25, 0.3) is 0 Å². The second-order valence-corrected chi connectivity index (χ2v) is 5.62. The molecule has 1 fully saturated rings. The van der Waals surface area contributed by atoms with Crippen molar-refractivity contribution in [3.8, 4) is 11.5 Å². The lowest BCUT2D eigenvalue weighted by molar-refractivity contribution is 0.101. The van der Waals surface area contributed by atoms with Gasteiger partial charge in [-0.25, -0.2) is 0 Å². The average molecular weight is 308 g/mol. The molecule has 114 valence electrons. The Labute approximate surface area is 128 Å². The predicted molar refractivity (Wildman–Crippen MR) is 83.8 cm³/mol. The molecular weight excluding hydrogens is 288 g/mol. The number of imidazole rings is 1. The number of nitrogens with one attached hydrogen (secondary N) is 1. The van der Waals surface area contributed by atoms with Crippen molar-refractivity contribution >= 4 is 23.3 Å². The summed E-state index contributed by atoms with van der Waals surface area (Å²) in [6.45, 7) is 1.73. The van der Waals surface area contributed by atoms with E-state index in [0.717, 1.165) is 48.2 Å². The van der Waals surface area contributed by atoms with E-state index in [-0.39, 0.29) is 0 Å². The first kappa shape index (κ1) is 14.4. The van der Waals surface area contributed by atoms with Crippen LogP contribution in [0.1, 0.15) is 19.3 Å². The zero-order valence-electron chi connectivity index (χ0n) is 12.3. The van der Waals surface area contributed by atoms with Gasteiger partial charge < -0.3 is 23.8 Å². The smallest absolute Gasteiger partial charge is 0.178 e. The van der Waals surface area contributed by atoms with E-state index in [1.807, 2.05) is 12.1 Å². The number of aromatic nitrogens is 2. The van der Waals surface area contributed by atoms with Crippen molar-refractivity contribution < 1.29 is 14.2 Å². The molecule has 0 spiro atoms. The molecular formula is C15H20N2O3S. The highest BCUT2D eigenvalue weighted by Crippen LogP contribution is 2.32. The molecule has 1 aromatic heterocycles. The zero-order chi connectivity index (χ0) is 14.8. The van der Waals surface area contributed by atoms with Crippen LogP contribution in [0.5, 0.6) is 11.5 Å². The monoisotopic (exact) mass is 308 g/mol. The van der Waals surface area contributed by atoms with Crippen LogP contribution in [0.25, 0.3) is 11.0 Å². The number of nitrogens with zero attached hydrogens (tertiary/aromatic N) is 1. The summed E-state index contributed by atoms with van der Waals surface area (Å²) in [4.78, 5) is 3.23. The molecule has 1 unspecified atom stereocenters. The largest absolute Gasteiger partial charge is 0.493 e. The number of hydrogen-bond acceptors (Lipinski definition) is 4. The molecule has 1 atom stereocenters. The SMILES string of the molecule is COc1cc2[nH]c(=S)n(CCC3CCCO3)c2cc1OC. The van der Waals surface area contributed by atoms with E-state index in [2.05, 4.69) is 9.55 Å². The van der Waals surface area contributed by atoms with E-state index >= 15 is 0 Å². The quantitative estimate of drug-likeness (QED) is 0.861. The molecule has 2 aromatic rings. The fourth-order valence-electron chi connectivity index (χ4n) is 2.85. The van der Waals surface area contributed by atoms with Gasteiger partial charge >= 0.3 is 0 Å². The van der Waals surface area contributed by atoms with Gasteiger partial charge in [0.2, 0.25) is 0 Å². The van der Waals surface area contributed by atoms with E-state index < -0.39 is 0 Å².